The molecule has 134 valence electrons. The van der Waals surface area contributed by atoms with Gasteiger partial charge >= 0.3 is 0 Å². The van der Waals surface area contributed by atoms with Gasteiger partial charge in [0.2, 0.25) is 0 Å². The molecular formula is C18H24N4O3. The van der Waals surface area contributed by atoms with Gasteiger partial charge in [-0.25, -0.2) is 4.68 Å². The third-order valence-electron chi connectivity index (χ3n) is 4.01. The van der Waals surface area contributed by atoms with Gasteiger partial charge in [-0.15, -0.1) is 0 Å². The Morgan fingerprint density at radius 3 is 2.48 bits per heavy atom. The van der Waals surface area contributed by atoms with E-state index in [4.69, 9.17) is 0 Å². The van der Waals surface area contributed by atoms with Gasteiger partial charge in [-0.05, 0) is 31.9 Å². The van der Waals surface area contributed by atoms with E-state index in [9.17, 15) is 14.9 Å². The molecule has 1 aromatic heterocycles. The number of aromatic nitrogens is 2. The zero-order chi connectivity index (χ0) is 18.4. The Balaban J connectivity index is 2.46. The first-order valence-electron chi connectivity index (χ1n) is 8.59. The molecule has 25 heavy (non-hydrogen) atoms. The zero-order valence-corrected chi connectivity index (χ0v) is 14.9. The molecule has 0 unspecified atom stereocenters. The number of aliphatic imine (C=N–C) groups is 1. The Hall–Kier alpha value is -2.70. The van der Waals surface area contributed by atoms with Crippen LogP contribution >= 0.6 is 0 Å². The van der Waals surface area contributed by atoms with Crippen LogP contribution in [0.15, 0.2) is 34.1 Å². The smallest absolute Gasteiger partial charge is 0.280 e. The van der Waals surface area contributed by atoms with Gasteiger partial charge in [0.25, 0.3) is 11.2 Å². The first-order chi connectivity index (χ1) is 12.0. The number of unbranched alkanes of at least 4 members (excludes halogenated alkanes) is 1. The standard InChI is InChI=1S/C18H24N4O3/c1-4-6-12-19-13(3)17-16(7-5-2)20-21(18(17)23)14-8-10-15(11-9-14)22(24)25/h8-11,20H,4-7,12H2,1-3H3. The van der Waals surface area contributed by atoms with E-state index in [1.807, 2.05) is 6.92 Å². The lowest BCUT2D eigenvalue weighted by atomic mass is 10.1. The number of rotatable bonds is 8. The van der Waals surface area contributed by atoms with Gasteiger partial charge in [-0.1, -0.05) is 26.7 Å². The molecule has 7 heteroatoms. The molecule has 0 saturated carbocycles. The lowest BCUT2D eigenvalue weighted by molar-refractivity contribution is -0.384. The van der Waals surface area contributed by atoms with Crippen molar-refractivity contribution in [1.82, 2.24) is 9.78 Å². The number of hydrogen-bond donors (Lipinski definition) is 1. The Morgan fingerprint density at radius 1 is 1.24 bits per heavy atom. The number of nitrogens with zero attached hydrogens (tertiary/aromatic N) is 3. The zero-order valence-electron chi connectivity index (χ0n) is 14.9. The van der Waals surface area contributed by atoms with E-state index < -0.39 is 4.92 Å². The van der Waals surface area contributed by atoms with Crippen molar-refractivity contribution in [2.75, 3.05) is 6.54 Å². The number of nitro benzene ring substituents is 1. The molecule has 0 atom stereocenters. The lowest BCUT2D eigenvalue weighted by Crippen LogP contribution is -2.20. The minimum atomic E-state index is -0.459. The third-order valence-corrected chi connectivity index (χ3v) is 4.01. The summed E-state index contributed by atoms with van der Waals surface area (Å²) >= 11 is 0. The molecule has 2 aromatic rings. The second kappa shape index (κ2) is 8.41. The van der Waals surface area contributed by atoms with Crippen molar-refractivity contribution in [2.24, 2.45) is 4.99 Å². The summed E-state index contributed by atoms with van der Waals surface area (Å²) in [5, 5.41) is 13.9. The molecule has 1 N–H and O–H groups in total. The number of aryl methyl sites for hydroxylation is 1. The van der Waals surface area contributed by atoms with E-state index in [2.05, 4.69) is 23.9 Å². The van der Waals surface area contributed by atoms with E-state index in [0.717, 1.165) is 37.1 Å². The van der Waals surface area contributed by atoms with Gasteiger partial charge in [-0.3, -0.25) is 25.0 Å². The maximum atomic E-state index is 12.9. The van der Waals surface area contributed by atoms with Crippen molar-refractivity contribution in [3.63, 3.8) is 0 Å². The molecule has 1 heterocycles. The van der Waals surface area contributed by atoms with Gasteiger partial charge in [0.1, 0.15) is 0 Å². The fraction of sp³-hybridized carbons (Fsp3) is 0.444. The van der Waals surface area contributed by atoms with E-state index in [0.29, 0.717) is 17.8 Å². The van der Waals surface area contributed by atoms with Crippen LogP contribution in [-0.2, 0) is 6.42 Å². The van der Waals surface area contributed by atoms with E-state index in [1.54, 1.807) is 12.1 Å². The molecule has 2 rings (SSSR count). The third kappa shape index (κ3) is 4.23. The number of benzene rings is 1. The predicted molar refractivity (Wildman–Crippen MR) is 99.0 cm³/mol. The molecule has 0 spiro atoms. The molecule has 0 aliphatic rings. The Kier molecular flexibility index (Phi) is 6.27. The molecule has 0 bridgehead atoms. The summed E-state index contributed by atoms with van der Waals surface area (Å²) in [4.78, 5) is 27.7. The molecule has 0 amide bonds. The Bertz CT molecular complexity index is 816. The van der Waals surface area contributed by atoms with Gasteiger partial charge in [0.15, 0.2) is 0 Å². The summed E-state index contributed by atoms with van der Waals surface area (Å²) in [6.45, 7) is 6.72. The summed E-state index contributed by atoms with van der Waals surface area (Å²) in [6, 6.07) is 5.92. The topological polar surface area (TPSA) is 93.3 Å². The molecule has 0 aliphatic heterocycles. The average molecular weight is 344 g/mol. The fourth-order valence-electron chi connectivity index (χ4n) is 2.68. The van der Waals surface area contributed by atoms with Crippen LogP contribution in [0, 0.1) is 10.1 Å². The SMILES string of the molecule is CCCCN=C(C)c1c(CCC)[nH]n(-c2ccc([N+](=O)[O-])cc2)c1=O. The van der Waals surface area contributed by atoms with Crippen LogP contribution in [-0.4, -0.2) is 27.0 Å². The van der Waals surface area contributed by atoms with Gasteiger partial charge in [0, 0.05) is 30.1 Å². The van der Waals surface area contributed by atoms with E-state index in [-0.39, 0.29) is 11.2 Å². The highest BCUT2D eigenvalue weighted by atomic mass is 16.6. The number of H-pyrrole nitrogens is 1. The number of hydrogen-bond acceptors (Lipinski definition) is 4. The summed E-state index contributed by atoms with van der Waals surface area (Å²) in [6.07, 6.45) is 3.68. The van der Waals surface area contributed by atoms with Crippen molar-refractivity contribution >= 4 is 11.4 Å². The summed E-state index contributed by atoms with van der Waals surface area (Å²) in [7, 11) is 0. The minimum absolute atomic E-state index is 0.00494. The monoisotopic (exact) mass is 344 g/mol. The predicted octanol–water partition coefficient (Wildman–Crippen LogP) is 3.64. The van der Waals surface area contributed by atoms with Crippen molar-refractivity contribution in [2.45, 2.75) is 46.5 Å². The highest BCUT2D eigenvalue weighted by Gasteiger charge is 2.17. The van der Waals surface area contributed by atoms with Crippen LogP contribution in [0.2, 0.25) is 0 Å². The summed E-state index contributed by atoms with van der Waals surface area (Å²) < 4.78 is 1.43. The largest absolute Gasteiger partial charge is 0.294 e. The number of nitrogens with one attached hydrogen (secondary N) is 1. The van der Waals surface area contributed by atoms with Gasteiger partial charge in [0.05, 0.1) is 16.2 Å². The number of non-ortho nitro benzene ring substituents is 1. The van der Waals surface area contributed by atoms with Crippen LogP contribution in [0.3, 0.4) is 0 Å². The highest BCUT2D eigenvalue weighted by molar-refractivity contribution is 5.99. The average Bonchev–Trinajstić information content (AvgIpc) is 2.92. The van der Waals surface area contributed by atoms with E-state index >= 15 is 0 Å². The van der Waals surface area contributed by atoms with Crippen LogP contribution in [0.1, 0.15) is 51.3 Å². The van der Waals surface area contributed by atoms with Crippen molar-refractivity contribution in [3.8, 4) is 5.69 Å². The van der Waals surface area contributed by atoms with Crippen LogP contribution in [0.5, 0.6) is 0 Å². The molecule has 7 nitrogen and oxygen atoms in total. The second-order valence-electron chi connectivity index (χ2n) is 5.95. The minimum Gasteiger partial charge on any atom is -0.294 e. The molecule has 0 saturated heterocycles. The Labute approximate surface area is 146 Å². The van der Waals surface area contributed by atoms with Crippen LogP contribution < -0.4 is 5.56 Å². The molecule has 1 aromatic carbocycles. The maximum Gasteiger partial charge on any atom is 0.280 e. The maximum absolute atomic E-state index is 12.9. The Morgan fingerprint density at radius 2 is 1.92 bits per heavy atom. The number of aromatic amines is 1. The molecule has 0 aliphatic carbocycles. The van der Waals surface area contributed by atoms with Crippen molar-refractivity contribution < 1.29 is 4.92 Å². The van der Waals surface area contributed by atoms with Gasteiger partial charge < -0.3 is 0 Å². The summed E-state index contributed by atoms with van der Waals surface area (Å²) in [5.41, 5.74) is 2.59. The number of nitro groups is 1. The van der Waals surface area contributed by atoms with Crippen LogP contribution in [0.25, 0.3) is 5.69 Å². The first-order valence-corrected chi connectivity index (χ1v) is 8.59. The second-order valence-corrected chi connectivity index (χ2v) is 5.95. The molecule has 0 fully saturated rings. The first kappa shape index (κ1) is 18.6. The van der Waals surface area contributed by atoms with Crippen molar-refractivity contribution in [3.05, 3.63) is 56.0 Å². The van der Waals surface area contributed by atoms with Gasteiger partial charge in [-0.2, -0.15) is 0 Å². The highest BCUT2D eigenvalue weighted by Crippen LogP contribution is 2.15. The lowest BCUT2D eigenvalue weighted by Gasteiger charge is -2.01. The molecular weight excluding hydrogens is 320 g/mol. The van der Waals surface area contributed by atoms with Crippen molar-refractivity contribution in [1.29, 1.82) is 0 Å². The quantitative estimate of drug-likeness (QED) is 0.343. The van der Waals surface area contributed by atoms with E-state index in [1.165, 1.54) is 16.8 Å². The normalized spacial score (nSPS) is 11.7. The van der Waals surface area contributed by atoms with Crippen LogP contribution in [0.4, 0.5) is 5.69 Å². The fourth-order valence-corrected chi connectivity index (χ4v) is 2.68. The molecule has 0 radical (unpaired) electrons. The summed E-state index contributed by atoms with van der Waals surface area (Å²) in [5.74, 6) is 0.